The molecule has 0 spiro atoms. The molecule has 4 rings (SSSR count). The van der Waals surface area contributed by atoms with E-state index in [1.165, 1.54) is 39.0 Å². The largest absolute Gasteiger partial charge is 0.353 e. The Labute approximate surface area is 174 Å². The molecule has 3 heterocycles. The van der Waals surface area contributed by atoms with Crippen LogP contribution >= 0.6 is 11.3 Å². The van der Waals surface area contributed by atoms with Crippen LogP contribution in [-0.4, -0.2) is 48.9 Å². The molecular formula is C20H23FN4O2S2. The fraction of sp³-hybridized carbons (Fsp3) is 0.400. The van der Waals surface area contributed by atoms with Crippen LogP contribution in [0.3, 0.4) is 0 Å². The minimum Gasteiger partial charge on any atom is -0.353 e. The first-order valence-corrected chi connectivity index (χ1v) is 11.8. The van der Waals surface area contributed by atoms with Gasteiger partial charge in [-0.05, 0) is 43.7 Å². The van der Waals surface area contributed by atoms with Gasteiger partial charge in [0.25, 0.3) is 0 Å². The van der Waals surface area contributed by atoms with Crippen LogP contribution in [0.25, 0.3) is 10.2 Å². The van der Waals surface area contributed by atoms with E-state index in [2.05, 4.69) is 23.7 Å². The van der Waals surface area contributed by atoms with Gasteiger partial charge in [0.05, 0.1) is 10.3 Å². The lowest BCUT2D eigenvalue weighted by molar-refractivity contribution is 0.384. The third kappa shape index (κ3) is 3.62. The summed E-state index contributed by atoms with van der Waals surface area (Å²) in [6, 6.07) is 4.98. The molecule has 1 aliphatic heterocycles. The highest BCUT2D eigenvalue weighted by Gasteiger charge is 2.30. The summed E-state index contributed by atoms with van der Waals surface area (Å²) < 4.78 is 40.4. The van der Waals surface area contributed by atoms with Gasteiger partial charge in [-0.1, -0.05) is 6.92 Å². The van der Waals surface area contributed by atoms with Crippen LogP contribution in [0.4, 0.5) is 10.2 Å². The molecule has 1 aliphatic rings. The summed E-state index contributed by atoms with van der Waals surface area (Å²) in [5, 5.41) is 1.07. The number of sulfonamides is 1. The molecule has 0 N–H and O–H groups in total. The summed E-state index contributed by atoms with van der Waals surface area (Å²) in [4.78, 5) is 13.9. The van der Waals surface area contributed by atoms with Crippen LogP contribution in [0.5, 0.6) is 0 Å². The third-order valence-electron chi connectivity index (χ3n) is 5.36. The molecule has 0 atom stereocenters. The first-order chi connectivity index (χ1) is 13.8. The van der Waals surface area contributed by atoms with E-state index in [-0.39, 0.29) is 4.90 Å². The maximum absolute atomic E-state index is 13.2. The Bertz CT molecular complexity index is 1150. The van der Waals surface area contributed by atoms with E-state index in [1.807, 2.05) is 6.92 Å². The van der Waals surface area contributed by atoms with Crippen LogP contribution in [0.15, 0.2) is 29.2 Å². The first kappa shape index (κ1) is 20.2. The molecular weight excluding hydrogens is 411 g/mol. The van der Waals surface area contributed by atoms with Crippen molar-refractivity contribution in [3.8, 4) is 0 Å². The SMILES string of the molecule is CCc1nc(N2CCN(S(=O)(=O)c3ccc(F)cc3)CC2)c2c(C)c(C)sc2n1. The number of aryl methyl sites for hydroxylation is 3. The van der Waals surface area contributed by atoms with Crippen LogP contribution in [0, 0.1) is 19.7 Å². The number of benzene rings is 1. The number of rotatable bonds is 4. The van der Waals surface area contributed by atoms with Gasteiger partial charge in [0.15, 0.2) is 0 Å². The molecule has 1 fully saturated rings. The Hall–Kier alpha value is -2.10. The number of piperazine rings is 1. The minimum atomic E-state index is -3.63. The number of hydrogen-bond acceptors (Lipinski definition) is 6. The molecule has 3 aromatic rings. The van der Waals surface area contributed by atoms with Crippen molar-refractivity contribution in [3.63, 3.8) is 0 Å². The predicted octanol–water partition coefficient (Wildman–Crippen LogP) is 3.52. The zero-order valence-corrected chi connectivity index (χ0v) is 18.3. The van der Waals surface area contributed by atoms with Crippen molar-refractivity contribution in [1.29, 1.82) is 0 Å². The molecule has 1 saturated heterocycles. The topological polar surface area (TPSA) is 66.4 Å². The van der Waals surface area contributed by atoms with Gasteiger partial charge in [-0.3, -0.25) is 0 Å². The molecule has 0 radical (unpaired) electrons. The average Bonchev–Trinajstić information content (AvgIpc) is 3.01. The fourth-order valence-electron chi connectivity index (χ4n) is 3.55. The summed E-state index contributed by atoms with van der Waals surface area (Å²) in [5.41, 5.74) is 1.18. The van der Waals surface area contributed by atoms with Gasteiger partial charge in [-0.2, -0.15) is 4.31 Å². The van der Waals surface area contributed by atoms with Gasteiger partial charge in [0, 0.05) is 37.5 Å². The van der Waals surface area contributed by atoms with Crippen LogP contribution < -0.4 is 4.90 Å². The van der Waals surface area contributed by atoms with Crippen molar-refractivity contribution in [2.24, 2.45) is 0 Å². The smallest absolute Gasteiger partial charge is 0.243 e. The van der Waals surface area contributed by atoms with Gasteiger partial charge in [0.2, 0.25) is 10.0 Å². The second kappa shape index (κ2) is 7.62. The Kier molecular flexibility index (Phi) is 5.30. The van der Waals surface area contributed by atoms with Gasteiger partial charge < -0.3 is 4.90 Å². The van der Waals surface area contributed by atoms with Crippen molar-refractivity contribution in [3.05, 3.63) is 46.3 Å². The van der Waals surface area contributed by atoms with Crippen LogP contribution in [0.2, 0.25) is 0 Å². The molecule has 9 heteroatoms. The highest BCUT2D eigenvalue weighted by atomic mass is 32.2. The van der Waals surface area contributed by atoms with E-state index >= 15 is 0 Å². The molecule has 29 heavy (non-hydrogen) atoms. The van der Waals surface area contributed by atoms with Crippen molar-refractivity contribution in [1.82, 2.24) is 14.3 Å². The lowest BCUT2D eigenvalue weighted by Gasteiger charge is -2.35. The van der Waals surface area contributed by atoms with Crippen LogP contribution in [-0.2, 0) is 16.4 Å². The number of hydrogen-bond donors (Lipinski definition) is 0. The van der Waals surface area contributed by atoms with Gasteiger partial charge >= 0.3 is 0 Å². The number of aromatic nitrogens is 2. The summed E-state index contributed by atoms with van der Waals surface area (Å²) >= 11 is 1.67. The fourth-order valence-corrected chi connectivity index (χ4v) is 6.02. The quantitative estimate of drug-likeness (QED) is 0.629. The van der Waals surface area contributed by atoms with Gasteiger partial charge in [-0.25, -0.2) is 22.8 Å². The number of thiophene rings is 1. The van der Waals surface area contributed by atoms with E-state index in [9.17, 15) is 12.8 Å². The van der Waals surface area contributed by atoms with E-state index in [1.54, 1.807) is 11.3 Å². The lowest BCUT2D eigenvalue weighted by atomic mass is 10.2. The molecule has 0 unspecified atom stereocenters. The zero-order chi connectivity index (χ0) is 20.8. The Morgan fingerprint density at radius 3 is 2.34 bits per heavy atom. The molecule has 0 saturated carbocycles. The second-order valence-corrected chi connectivity index (χ2v) is 10.3. The van der Waals surface area contributed by atoms with Gasteiger partial charge in [0.1, 0.15) is 22.3 Å². The van der Waals surface area contributed by atoms with E-state index in [0.717, 1.165) is 28.3 Å². The number of fused-ring (bicyclic) bond motifs is 1. The van der Waals surface area contributed by atoms with E-state index in [0.29, 0.717) is 26.2 Å². The molecule has 0 aliphatic carbocycles. The summed E-state index contributed by atoms with van der Waals surface area (Å²) in [5.74, 6) is 1.25. The maximum atomic E-state index is 13.2. The number of nitrogens with zero attached hydrogens (tertiary/aromatic N) is 4. The van der Waals surface area contributed by atoms with Crippen LogP contribution in [0.1, 0.15) is 23.2 Å². The van der Waals surface area contributed by atoms with E-state index < -0.39 is 15.8 Å². The third-order valence-corrected chi connectivity index (χ3v) is 8.38. The molecule has 0 amide bonds. The highest BCUT2D eigenvalue weighted by Crippen LogP contribution is 2.35. The highest BCUT2D eigenvalue weighted by molar-refractivity contribution is 7.89. The Morgan fingerprint density at radius 1 is 1.07 bits per heavy atom. The summed E-state index contributed by atoms with van der Waals surface area (Å²) in [7, 11) is -3.63. The normalized spacial score (nSPS) is 15.9. The molecule has 0 bridgehead atoms. The average molecular weight is 435 g/mol. The molecule has 6 nitrogen and oxygen atoms in total. The van der Waals surface area contributed by atoms with Crippen molar-refractivity contribution >= 4 is 37.4 Å². The predicted molar refractivity (Wildman–Crippen MR) is 114 cm³/mol. The molecule has 154 valence electrons. The maximum Gasteiger partial charge on any atom is 0.243 e. The monoisotopic (exact) mass is 434 g/mol. The standard InChI is InChI=1S/C20H23FN4O2S2/c1-4-17-22-19(18-13(2)14(3)28-20(18)23-17)24-9-11-25(12-10-24)29(26,27)16-7-5-15(21)6-8-16/h5-8H,4,9-12H2,1-3H3. The first-order valence-electron chi connectivity index (χ1n) is 9.58. The summed E-state index contributed by atoms with van der Waals surface area (Å²) in [6.07, 6.45) is 0.748. The van der Waals surface area contributed by atoms with Crippen molar-refractivity contribution in [2.75, 3.05) is 31.1 Å². The van der Waals surface area contributed by atoms with Crippen molar-refractivity contribution in [2.45, 2.75) is 32.1 Å². The molecule has 2 aromatic heterocycles. The number of halogens is 1. The van der Waals surface area contributed by atoms with Gasteiger partial charge in [-0.15, -0.1) is 11.3 Å². The zero-order valence-electron chi connectivity index (χ0n) is 16.6. The molecule has 1 aromatic carbocycles. The Balaban J connectivity index is 1.61. The summed E-state index contributed by atoms with van der Waals surface area (Å²) in [6.45, 7) is 8.01. The lowest BCUT2D eigenvalue weighted by Crippen LogP contribution is -2.49. The van der Waals surface area contributed by atoms with E-state index in [4.69, 9.17) is 4.98 Å². The second-order valence-electron chi connectivity index (χ2n) is 7.13. The van der Waals surface area contributed by atoms with Crippen molar-refractivity contribution < 1.29 is 12.8 Å². The number of anilines is 1. The Morgan fingerprint density at radius 2 is 1.72 bits per heavy atom. The minimum absolute atomic E-state index is 0.120.